The second kappa shape index (κ2) is 13.6. The average molecular weight is 604 g/mol. The highest BCUT2D eigenvalue weighted by Crippen LogP contribution is 2.44. The van der Waals surface area contributed by atoms with Gasteiger partial charge >= 0.3 is 0 Å². The molecule has 1 aliphatic carbocycles. The van der Waals surface area contributed by atoms with Crippen LogP contribution in [0.2, 0.25) is 5.02 Å². The van der Waals surface area contributed by atoms with Gasteiger partial charge in [0.25, 0.3) is 0 Å². The SMILES string of the molecule is CC[C@@H](C)Oc1cc2c(cc1OC)CC(=O)N(c1ccc(N(C)C[C@H]3CC[C@@H](N(C)C)CC3)cc1)C2c1ccc(Cl)cc1. The van der Waals surface area contributed by atoms with E-state index in [0.29, 0.717) is 28.5 Å². The van der Waals surface area contributed by atoms with Crippen molar-refractivity contribution in [1.29, 1.82) is 0 Å². The zero-order chi connectivity index (χ0) is 30.7. The number of hydrogen-bond acceptors (Lipinski definition) is 5. The van der Waals surface area contributed by atoms with Crippen LogP contribution in [0.4, 0.5) is 11.4 Å². The van der Waals surface area contributed by atoms with Crippen LogP contribution < -0.4 is 19.3 Å². The van der Waals surface area contributed by atoms with E-state index in [1.807, 2.05) is 35.2 Å². The summed E-state index contributed by atoms with van der Waals surface area (Å²) >= 11 is 6.28. The van der Waals surface area contributed by atoms with Gasteiger partial charge in [-0.15, -0.1) is 0 Å². The largest absolute Gasteiger partial charge is 0.493 e. The molecule has 1 fully saturated rings. The van der Waals surface area contributed by atoms with E-state index in [1.165, 1.54) is 31.4 Å². The molecule has 0 N–H and O–H groups in total. The van der Waals surface area contributed by atoms with Crippen LogP contribution in [0.15, 0.2) is 60.7 Å². The molecule has 0 spiro atoms. The van der Waals surface area contributed by atoms with Crippen LogP contribution in [0.25, 0.3) is 0 Å². The predicted octanol–water partition coefficient (Wildman–Crippen LogP) is 7.76. The molecule has 1 heterocycles. The van der Waals surface area contributed by atoms with Crippen LogP contribution in [0.5, 0.6) is 11.5 Å². The summed E-state index contributed by atoms with van der Waals surface area (Å²) in [6.45, 7) is 5.20. The third kappa shape index (κ3) is 6.97. The molecule has 0 saturated heterocycles. The summed E-state index contributed by atoms with van der Waals surface area (Å²) in [6, 6.07) is 20.7. The van der Waals surface area contributed by atoms with Gasteiger partial charge in [-0.25, -0.2) is 0 Å². The topological polar surface area (TPSA) is 45.3 Å². The number of methoxy groups -OCH3 is 1. The molecule has 0 aromatic heterocycles. The Labute approximate surface area is 262 Å². The normalized spacial score (nSPS) is 21.0. The van der Waals surface area contributed by atoms with Gasteiger partial charge in [-0.1, -0.05) is 30.7 Å². The molecule has 1 saturated carbocycles. The maximum atomic E-state index is 13.9. The molecule has 43 heavy (non-hydrogen) atoms. The zero-order valence-corrected chi connectivity index (χ0v) is 27.2. The summed E-state index contributed by atoms with van der Waals surface area (Å²) in [4.78, 5) is 20.5. The summed E-state index contributed by atoms with van der Waals surface area (Å²) < 4.78 is 12.0. The maximum absolute atomic E-state index is 13.9. The third-order valence-electron chi connectivity index (χ3n) is 9.32. The summed E-state index contributed by atoms with van der Waals surface area (Å²) in [7, 11) is 8.21. The average Bonchev–Trinajstić information content (AvgIpc) is 3.01. The number of anilines is 2. The third-order valence-corrected chi connectivity index (χ3v) is 9.58. The Morgan fingerprint density at radius 2 is 1.63 bits per heavy atom. The fraction of sp³-hybridized carbons (Fsp3) is 0.472. The molecular formula is C36H46ClN3O3. The minimum Gasteiger partial charge on any atom is -0.493 e. The van der Waals surface area contributed by atoms with Crippen molar-refractivity contribution in [3.05, 3.63) is 82.4 Å². The molecule has 0 bridgehead atoms. The van der Waals surface area contributed by atoms with E-state index >= 15 is 0 Å². The number of hydrogen-bond donors (Lipinski definition) is 0. The fourth-order valence-corrected chi connectivity index (χ4v) is 6.71. The Morgan fingerprint density at radius 3 is 2.23 bits per heavy atom. The molecule has 1 aliphatic heterocycles. The van der Waals surface area contributed by atoms with Gasteiger partial charge in [0.1, 0.15) is 0 Å². The Bertz CT molecular complexity index is 1380. The first-order valence-electron chi connectivity index (χ1n) is 15.6. The van der Waals surface area contributed by atoms with E-state index in [4.69, 9.17) is 21.1 Å². The number of ether oxygens (including phenoxy) is 2. The van der Waals surface area contributed by atoms with Gasteiger partial charge in [-0.2, -0.15) is 0 Å². The van der Waals surface area contributed by atoms with E-state index in [-0.39, 0.29) is 24.5 Å². The number of carbonyl (C=O) groups is 1. The standard InChI is InChI=1S/C36H46ClN3O3/c1-7-24(2)43-34-22-32-27(20-33(34)42-6)21-35(41)40(36(32)26-10-12-28(37)13-11-26)31-18-16-30(17-19-31)39(5)23-25-8-14-29(15-9-25)38(3)4/h10-13,16-20,22,24-25,29,36H,7-9,14-15,21,23H2,1-6H3/t24-,25-,29+,36?/m1/s1. The summed E-state index contributed by atoms with van der Waals surface area (Å²) in [5.41, 5.74) is 5.03. The van der Waals surface area contributed by atoms with Gasteiger partial charge in [0.2, 0.25) is 5.91 Å². The number of carbonyl (C=O) groups excluding carboxylic acids is 1. The van der Waals surface area contributed by atoms with Crippen LogP contribution in [-0.2, 0) is 11.2 Å². The second-order valence-corrected chi connectivity index (χ2v) is 12.9. The van der Waals surface area contributed by atoms with E-state index in [2.05, 4.69) is 75.1 Å². The number of rotatable bonds is 10. The van der Waals surface area contributed by atoms with Crippen molar-refractivity contribution >= 4 is 28.9 Å². The molecule has 2 aliphatic rings. The van der Waals surface area contributed by atoms with E-state index in [1.54, 1.807) is 7.11 Å². The Balaban J connectivity index is 1.44. The van der Waals surface area contributed by atoms with Crippen molar-refractivity contribution < 1.29 is 14.3 Å². The summed E-state index contributed by atoms with van der Waals surface area (Å²) in [5, 5.41) is 0.663. The van der Waals surface area contributed by atoms with Crippen LogP contribution in [0, 0.1) is 5.92 Å². The van der Waals surface area contributed by atoms with E-state index < -0.39 is 0 Å². The van der Waals surface area contributed by atoms with E-state index in [9.17, 15) is 4.79 Å². The van der Waals surface area contributed by atoms with Crippen molar-refractivity contribution in [2.45, 2.75) is 70.6 Å². The number of amides is 1. The molecule has 230 valence electrons. The summed E-state index contributed by atoms with van der Waals surface area (Å²) in [6.07, 6.45) is 6.28. The van der Waals surface area contributed by atoms with Gasteiger partial charge in [0, 0.05) is 36.0 Å². The minimum absolute atomic E-state index is 0.0369. The molecule has 2 atom stereocenters. The number of fused-ring (bicyclic) bond motifs is 1. The quantitative estimate of drug-likeness (QED) is 0.237. The molecule has 3 aromatic rings. The molecule has 7 heteroatoms. The molecule has 0 radical (unpaired) electrons. The molecular weight excluding hydrogens is 558 g/mol. The Kier molecular flexibility index (Phi) is 9.88. The first kappa shape index (κ1) is 31.2. The summed E-state index contributed by atoms with van der Waals surface area (Å²) in [5.74, 6) is 2.10. The second-order valence-electron chi connectivity index (χ2n) is 12.5. The monoisotopic (exact) mass is 603 g/mol. The zero-order valence-electron chi connectivity index (χ0n) is 26.5. The van der Waals surface area contributed by atoms with Crippen molar-refractivity contribution in [2.75, 3.05) is 44.6 Å². The van der Waals surface area contributed by atoms with Crippen molar-refractivity contribution in [3.63, 3.8) is 0 Å². The van der Waals surface area contributed by atoms with Gasteiger partial charge in [0.05, 0.1) is 25.7 Å². The molecule has 6 nitrogen and oxygen atoms in total. The lowest BCUT2D eigenvalue weighted by molar-refractivity contribution is -0.118. The molecule has 3 aromatic carbocycles. The number of nitrogens with zero attached hydrogens (tertiary/aromatic N) is 3. The van der Waals surface area contributed by atoms with Crippen LogP contribution >= 0.6 is 11.6 Å². The van der Waals surface area contributed by atoms with Crippen LogP contribution in [-0.4, -0.2) is 57.8 Å². The van der Waals surface area contributed by atoms with Gasteiger partial charge in [-0.3, -0.25) is 4.79 Å². The molecule has 1 amide bonds. The highest BCUT2D eigenvalue weighted by Gasteiger charge is 2.36. The van der Waals surface area contributed by atoms with Gasteiger partial charge in [0.15, 0.2) is 11.5 Å². The van der Waals surface area contributed by atoms with Crippen molar-refractivity contribution in [2.24, 2.45) is 5.92 Å². The minimum atomic E-state index is -0.325. The highest BCUT2D eigenvalue weighted by molar-refractivity contribution is 6.30. The number of benzene rings is 3. The lowest BCUT2D eigenvalue weighted by Crippen LogP contribution is -2.41. The maximum Gasteiger partial charge on any atom is 0.232 e. The highest BCUT2D eigenvalue weighted by atomic mass is 35.5. The number of halogens is 1. The van der Waals surface area contributed by atoms with Gasteiger partial charge in [-0.05, 0) is 124 Å². The smallest absolute Gasteiger partial charge is 0.232 e. The predicted molar refractivity (Wildman–Crippen MR) is 177 cm³/mol. The first-order chi connectivity index (χ1) is 20.7. The van der Waals surface area contributed by atoms with Crippen molar-refractivity contribution in [1.82, 2.24) is 4.90 Å². The lowest BCUT2D eigenvalue weighted by atomic mass is 9.85. The fourth-order valence-electron chi connectivity index (χ4n) is 6.58. The van der Waals surface area contributed by atoms with Crippen LogP contribution in [0.1, 0.15) is 68.7 Å². The molecule has 5 rings (SSSR count). The Hall–Kier alpha value is -3.22. The van der Waals surface area contributed by atoms with Crippen molar-refractivity contribution in [3.8, 4) is 11.5 Å². The lowest BCUT2D eigenvalue weighted by Gasteiger charge is -2.38. The van der Waals surface area contributed by atoms with Gasteiger partial charge < -0.3 is 24.2 Å². The van der Waals surface area contributed by atoms with E-state index in [0.717, 1.165) is 35.3 Å². The first-order valence-corrected chi connectivity index (χ1v) is 16.0. The Morgan fingerprint density at radius 1 is 0.953 bits per heavy atom. The molecule has 1 unspecified atom stereocenters. The van der Waals surface area contributed by atoms with Crippen LogP contribution in [0.3, 0.4) is 0 Å².